The molecule has 1 unspecified atom stereocenters. The molecule has 2 aromatic heterocycles. The molecule has 3 aromatic carbocycles. The monoisotopic (exact) mass is 572 g/mol. The molecule has 5 aromatic rings. The number of nitrogens with zero attached hydrogens (tertiary/aromatic N) is 4. The molecule has 0 fully saturated rings. The van der Waals surface area contributed by atoms with Crippen molar-refractivity contribution in [2.45, 2.75) is 15.6 Å². The zero-order valence-corrected chi connectivity index (χ0v) is 22.6. The number of thioether (sulfide) groups is 1. The normalized spacial score (nSPS) is 17.9. The van der Waals surface area contributed by atoms with Gasteiger partial charge in [0.05, 0.1) is 10.9 Å². The van der Waals surface area contributed by atoms with Gasteiger partial charge in [0, 0.05) is 29.1 Å². The molecular formula is C28H17ClN4O4S2. The van der Waals surface area contributed by atoms with Crippen LogP contribution in [0.3, 0.4) is 0 Å². The summed E-state index contributed by atoms with van der Waals surface area (Å²) >= 11 is 8.86. The van der Waals surface area contributed by atoms with E-state index in [1.807, 2.05) is 30.3 Å². The largest absolute Gasteiger partial charge is 0.450 e. The van der Waals surface area contributed by atoms with Crippen molar-refractivity contribution in [2.75, 3.05) is 16.8 Å². The van der Waals surface area contributed by atoms with Gasteiger partial charge in [-0.05, 0) is 29.8 Å². The molecule has 192 valence electrons. The Bertz CT molecular complexity index is 1890. The van der Waals surface area contributed by atoms with Crippen LogP contribution in [0.25, 0.3) is 11.0 Å². The Kier molecular flexibility index (Phi) is 5.41. The van der Waals surface area contributed by atoms with Crippen LogP contribution in [-0.4, -0.2) is 29.1 Å². The number of hydrogen-bond acceptors (Lipinski definition) is 8. The van der Waals surface area contributed by atoms with Gasteiger partial charge in [-0.1, -0.05) is 83.2 Å². The van der Waals surface area contributed by atoms with E-state index in [0.717, 1.165) is 5.56 Å². The first-order valence-electron chi connectivity index (χ1n) is 11.9. The SMILES string of the molecule is CN1C(=O)C2(c3ccccc31)c1c(oc3ccc(Cl)cc3c1=O)C(=O)N2c1nnc(SCc2ccccc2)s1. The van der Waals surface area contributed by atoms with Crippen molar-refractivity contribution in [3.05, 3.63) is 110 Å². The highest BCUT2D eigenvalue weighted by Crippen LogP contribution is 2.54. The second-order valence-electron chi connectivity index (χ2n) is 9.13. The summed E-state index contributed by atoms with van der Waals surface area (Å²) in [5, 5.41) is 9.35. The minimum atomic E-state index is -1.80. The quantitative estimate of drug-likeness (QED) is 0.208. The van der Waals surface area contributed by atoms with E-state index < -0.39 is 22.8 Å². The summed E-state index contributed by atoms with van der Waals surface area (Å²) in [5.41, 5.74) is 0.0624. The van der Waals surface area contributed by atoms with E-state index in [0.29, 0.717) is 26.4 Å². The van der Waals surface area contributed by atoms with Crippen LogP contribution in [-0.2, 0) is 16.1 Å². The number of hydrogen-bond donors (Lipinski definition) is 0. The molecule has 2 amide bonds. The number of halogens is 1. The Balaban J connectivity index is 1.45. The average Bonchev–Trinajstić information content (AvgIpc) is 3.58. The van der Waals surface area contributed by atoms with Gasteiger partial charge in [0.1, 0.15) is 5.58 Å². The van der Waals surface area contributed by atoms with Crippen LogP contribution in [0.4, 0.5) is 10.8 Å². The first kappa shape index (κ1) is 24.1. The molecule has 7 rings (SSSR count). The summed E-state index contributed by atoms with van der Waals surface area (Å²) in [4.78, 5) is 45.1. The third-order valence-corrected chi connectivity index (χ3v) is 9.36. The van der Waals surface area contributed by atoms with Crippen LogP contribution >= 0.6 is 34.7 Å². The summed E-state index contributed by atoms with van der Waals surface area (Å²) in [6.07, 6.45) is 0. The Morgan fingerprint density at radius 1 is 1.00 bits per heavy atom. The maximum atomic E-state index is 14.2. The van der Waals surface area contributed by atoms with Gasteiger partial charge in [-0.15, -0.1) is 10.2 Å². The molecule has 1 spiro atoms. The topological polar surface area (TPSA) is 96.6 Å². The molecule has 8 nitrogen and oxygen atoms in total. The zero-order valence-electron chi connectivity index (χ0n) is 20.3. The molecule has 2 aliphatic heterocycles. The first-order valence-corrected chi connectivity index (χ1v) is 14.1. The molecular weight excluding hydrogens is 556 g/mol. The summed E-state index contributed by atoms with van der Waals surface area (Å²) in [7, 11) is 1.62. The Morgan fingerprint density at radius 2 is 1.77 bits per heavy atom. The van der Waals surface area contributed by atoms with Crippen LogP contribution in [0.15, 0.2) is 86.3 Å². The van der Waals surface area contributed by atoms with E-state index in [1.54, 1.807) is 43.4 Å². The highest BCUT2D eigenvalue weighted by atomic mass is 35.5. The number of fused-ring (bicyclic) bond motifs is 5. The van der Waals surface area contributed by atoms with Gasteiger partial charge < -0.3 is 9.32 Å². The lowest BCUT2D eigenvalue weighted by Crippen LogP contribution is -2.53. The lowest BCUT2D eigenvalue weighted by Gasteiger charge is -2.31. The number of para-hydroxylation sites is 1. The van der Waals surface area contributed by atoms with E-state index in [9.17, 15) is 14.4 Å². The Morgan fingerprint density at radius 3 is 2.59 bits per heavy atom. The highest BCUT2D eigenvalue weighted by molar-refractivity contribution is 8.00. The molecule has 11 heteroatoms. The van der Waals surface area contributed by atoms with Gasteiger partial charge >= 0.3 is 0 Å². The van der Waals surface area contributed by atoms with E-state index in [4.69, 9.17) is 16.0 Å². The fourth-order valence-corrected chi connectivity index (χ4v) is 7.33. The fourth-order valence-electron chi connectivity index (χ4n) is 5.31. The van der Waals surface area contributed by atoms with Crippen molar-refractivity contribution in [3.8, 4) is 0 Å². The van der Waals surface area contributed by atoms with Gasteiger partial charge in [-0.2, -0.15) is 0 Å². The van der Waals surface area contributed by atoms with Crippen molar-refractivity contribution >= 4 is 68.3 Å². The molecule has 0 saturated carbocycles. The Labute approximate surface area is 234 Å². The smallest absolute Gasteiger partial charge is 0.297 e. The van der Waals surface area contributed by atoms with Crippen molar-refractivity contribution < 1.29 is 14.0 Å². The number of carbonyl (C=O) groups is 2. The predicted octanol–water partition coefficient (Wildman–Crippen LogP) is 5.47. The van der Waals surface area contributed by atoms with Crippen molar-refractivity contribution in [1.29, 1.82) is 0 Å². The minimum absolute atomic E-state index is 0.0437. The molecule has 0 aliphatic carbocycles. The Hall–Kier alpha value is -3.99. The zero-order chi connectivity index (χ0) is 26.9. The van der Waals surface area contributed by atoms with E-state index >= 15 is 0 Å². The average molecular weight is 573 g/mol. The third-order valence-electron chi connectivity index (χ3n) is 7.01. The van der Waals surface area contributed by atoms with Crippen molar-refractivity contribution in [2.24, 2.45) is 0 Å². The van der Waals surface area contributed by atoms with Gasteiger partial charge in [0.2, 0.25) is 10.9 Å². The van der Waals surface area contributed by atoms with Crippen LogP contribution < -0.4 is 15.2 Å². The van der Waals surface area contributed by atoms with Gasteiger partial charge in [0.25, 0.3) is 11.8 Å². The van der Waals surface area contributed by atoms with Crippen LogP contribution in [0.5, 0.6) is 0 Å². The van der Waals surface area contributed by atoms with E-state index in [1.165, 1.54) is 39.0 Å². The number of anilines is 2. The number of benzene rings is 3. The summed E-state index contributed by atoms with van der Waals surface area (Å²) < 4.78 is 6.65. The number of likely N-dealkylation sites (N-methyl/N-ethyl adjacent to an activating group) is 1. The van der Waals surface area contributed by atoms with Crippen LogP contribution in [0, 0.1) is 0 Å². The number of amides is 2. The number of carbonyl (C=O) groups excluding carboxylic acids is 2. The van der Waals surface area contributed by atoms with Crippen molar-refractivity contribution in [3.63, 3.8) is 0 Å². The maximum absolute atomic E-state index is 14.2. The molecule has 0 radical (unpaired) electrons. The van der Waals surface area contributed by atoms with E-state index in [-0.39, 0.29) is 27.4 Å². The highest BCUT2D eigenvalue weighted by Gasteiger charge is 2.66. The van der Waals surface area contributed by atoms with Crippen LogP contribution in [0.2, 0.25) is 5.02 Å². The minimum Gasteiger partial charge on any atom is -0.450 e. The molecule has 2 aliphatic rings. The lowest BCUT2D eigenvalue weighted by molar-refractivity contribution is -0.121. The second-order valence-corrected chi connectivity index (χ2v) is 11.7. The molecule has 0 N–H and O–H groups in total. The summed E-state index contributed by atoms with van der Waals surface area (Å²) in [6, 6.07) is 21.6. The number of rotatable bonds is 4. The first-order chi connectivity index (χ1) is 18.9. The van der Waals surface area contributed by atoms with E-state index in [2.05, 4.69) is 10.2 Å². The second kappa shape index (κ2) is 8.77. The van der Waals surface area contributed by atoms with Crippen molar-refractivity contribution in [1.82, 2.24) is 10.2 Å². The number of aromatic nitrogens is 2. The maximum Gasteiger partial charge on any atom is 0.297 e. The standard InChI is InChI=1S/C28H17ClN4O4S2/c1-32-19-10-6-5-9-18(19)28(25(32)36)21-22(34)17-13-16(29)11-12-20(17)37-23(21)24(35)33(28)26-30-31-27(39-26)38-14-15-7-3-2-4-8-15/h2-13H,14H2,1H3. The molecule has 1 atom stereocenters. The summed E-state index contributed by atoms with van der Waals surface area (Å²) in [5.74, 6) is -0.626. The van der Waals surface area contributed by atoms with Crippen LogP contribution in [0.1, 0.15) is 27.2 Å². The molecule has 4 heterocycles. The van der Waals surface area contributed by atoms with Gasteiger partial charge in [-0.25, -0.2) is 0 Å². The molecule has 0 bridgehead atoms. The lowest BCUT2D eigenvalue weighted by atomic mass is 9.84. The fraction of sp³-hybridized carbons (Fsp3) is 0.107. The molecule has 0 saturated heterocycles. The van der Waals surface area contributed by atoms with Gasteiger partial charge in [-0.3, -0.25) is 19.3 Å². The van der Waals surface area contributed by atoms with Gasteiger partial charge in [0.15, 0.2) is 15.3 Å². The predicted molar refractivity (Wildman–Crippen MR) is 151 cm³/mol. The third kappa shape index (κ3) is 3.35. The molecule has 39 heavy (non-hydrogen) atoms. The summed E-state index contributed by atoms with van der Waals surface area (Å²) in [6.45, 7) is 0.